The van der Waals surface area contributed by atoms with Gasteiger partial charge in [0.15, 0.2) is 0 Å². The highest BCUT2D eigenvalue weighted by molar-refractivity contribution is 5.68. The molecular formula is C27H33N3O3. The van der Waals surface area contributed by atoms with Crippen LogP contribution >= 0.6 is 0 Å². The standard InChI is InChI=1S/C27H33N3O3/c1-27(2,3)33-26(31)30-17-14-25(15-18-30)32-24-12-10-23(11-13-24)29(4)16-6-9-21-7-5-8-22(19-21)20-28/h5-13,19,25H,14-18H2,1-4H3/b9-6+. The lowest BCUT2D eigenvalue weighted by Crippen LogP contribution is -2.44. The number of likely N-dealkylation sites (N-methyl/N-ethyl adjacent to an activating group) is 1. The Kier molecular flexibility index (Phi) is 8.00. The van der Waals surface area contributed by atoms with Crippen LogP contribution in [-0.4, -0.2) is 49.4 Å². The van der Waals surface area contributed by atoms with Gasteiger partial charge in [-0.15, -0.1) is 0 Å². The number of piperidine rings is 1. The number of carbonyl (C=O) groups is 1. The average molecular weight is 448 g/mol. The van der Waals surface area contributed by atoms with Crippen LogP contribution in [0.2, 0.25) is 0 Å². The first-order chi connectivity index (χ1) is 15.7. The van der Waals surface area contributed by atoms with Gasteiger partial charge in [0.2, 0.25) is 0 Å². The molecule has 0 bridgehead atoms. The van der Waals surface area contributed by atoms with Gasteiger partial charge >= 0.3 is 6.09 Å². The Morgan fingerprint density at radius 1 is 1.18 bits per heavy atom. The van der Waals surface area contributed by atoms with Gasteiger partial charge in [0.05, 0.1) is 11.6 Å². The third-order valence-electron chi connectivity index (χ3n) is 5.38. The summed E-state index contributed by atoms with van der Waals surface area (Å²) in [6.07, 6.45) is 5.54. The van der Waals surface area contributed by atoms with Crippen molar-refractivity contribution >= 4 is 17.9 Å². The van der Waals surface area contributed by atoms with Gasteiger partial charge in [0, 0.05) is 45.2 Å². The van der Waals surface area contributed by atoms with E-state index in [0.717, 1.165) is 36.4 Å². The van der Waals surface area contributed by atoms with Crippen LogP contribution in [0.4, 0.5) is 10.5 Å². The van der Waals surface area contributed by atoms with Crippen molar-refractivity contribution in [1.29, 1.82) is 5.26 Å². The van der Waals surface area contributed by atoms with Crippen LogP contribution in [-0.2, 0) is 4.74 Å². The van der Waals surface area contributed by atoms with Gasteiger partial charge in [-0.05, 0) is 62.7 Å². The van der Waals surface area contributed by atoms with Crippen LogP contribution in [0.5, 0.6) is 5.75 Å². The molecule has 1 fully saturated rings. The second-order valence-electron chi connectivity index (χ2n) is 9.30. The fourth-order valence-electron chi connectivity index (χ4n) is 3.62. The molecular weight excluding hydrogens is 414 g/mol. The predicted molar refractivity (Wildman–Crippen MR) is 131 cm³/mol. The van der Waals surface area contributed by atoms with Crippen molar-refractivity contribution < 1.29 is 14.3 Å². The minimum absolute atomic E-state index is 0.0966. The molecule has 0 spiro atoms. The van der Waals surface area contributed by atoms with Crippen LogP contribution in [0.1, 0.15) is 44.7 Å². The predicted octanol–water partition coefficient (Wildman–Crippen LogP) is 5.49. The summed E-state index contributed by atoms with van der Waals surface area (Å²) in [5.41, 5.74) is 2.30. The molecule has 0 N–H and O–H groups in total. The number of nitriles is 1. The summed E-state index contributed by atoms with van der Waals surface area (Å²) >= 11 is 0. The molecule has 0 radical (unpaired) electrons. The summed E-state index contributed by atoms with van der Waals surface area (Å²) in [4.78, 5) is 16.1. The summed E-state index contributed by atoms with van der Waals surface area (Å²) in [5, 5.41) is 9.01. The van der Waals surface area contributed by atoms with Crippen molar-refractivity contribution in [3.8, 4) is 11.8 Å². The van der Waals surface area contributed by atoms with E-state index in [9.17, 15) is 4.79 Å². The fourth-order valence-corrected chi connectivity index (χ4v) is 3.62. The molecule has 2 aromatic rings. The molecule has 1 aliphatic rings. The lowest BCUT2D eigenvalue weighted by Gasteiger charge is -2.33. The quantitative estimate of drug-likeness (QED) is 0.586. The molecule has 3 rings (SSSR count). The molecule has 174 valence electrons. The van der Waals surface area contributed by atoms with Gasteiger partial charge in [-0.3, -0.25) is 0 Å². The van der Waals surface area contributed by atoms with E-state index in [0.29, 0.717) is 18.7 Å². The molecule has 1 heterocycles. The number of anilines is 1. The van der Waals surface area contributed by atoms with E-state index >= 15 is 0 Å². The Balaban J connectivity index is 1.46. The lowest BCUT2D eigenvalue weighted by atomic mass is 10.1. The SMILES string of the molecule is CN(C/C=C/c1cccc(C#N)c1)c1ccc(OC2CCN(C(=O)OC(C)(C)C)CC2)cc1. The van der Waals surface area contributed by atoms with Crippen molar-refractivity contribution in [2.24, 2.45) is 0 Å². The Morgan fingerprint density at radius 3 is 2.52 bits per heavy atom. The third-order valence-corrected chi connectivity index (χ3v) is 5.38. The number of carbonyl (C=O) groups excluding carboxylic acids is 1. The molecule has 2 aromatic carbocycles. The maximum Gasteiger partial charge on any atom is 0.410 e. The zero-order valence-electron chi connectivity index (χ0n) is 20.0. The molecule has 1 aliphatic heterocycles. The highest BCUT2D eigenvalue weighted by Gasteiger charge is 2.27. The van der Waals surface area contributed by atoms with Crippen LogP contribution in [0.25, 0.3) is 6.08 Å². The highest BCUT2D eigenvalue weighted by Crippen LogP contribution is 2.23. The number of nitrogens with zero attached hydrogens (tertiary/aromatic N) is 3. The Bertz CT molecular complexity index is 995. The van der Waals surface area contributed by atoms with Crippen LogP contribution in [0, 0.1) is 11.3 Å². The van der Waals surface area contributed by atoms with Gasteiger partial charge in [0.25, 0.3) is 0 Å². The summed E-state index contributed by atoms with van der Waals surface area (Å²) in [6, 6.07) is 17.8. The Morgan fingerprint density at radius 2 is 1.88 bits per heavy atom. The molecule has 33 heavy (non-hydrogen) atoms. The maximum absolute atomic E-state index is 12.2. The lowest BCUT2D eigenvalue weighted by molar-refractivity contribution is 0.0126. The number of likely N-dealkylation sites (tertiary alicyclic amines) is 1. The van der Waals surface area contributed by atoms with Gasteiger partial charge in [-0.25, -0.2) is 4.79 Å². The number of rotatable bonds is 6. The summed E-state index contributed by atoms with van der Waals surface area (Å²) < 4.78 is 11.6. The van der Waals surface area contributed by atoms with E-state index < -0.39 is 5.60 Å². The molecule has 6 nitrogen and oxygen atoms in total. The van der Waals surface area contributed by atoms with Gasteiger partial charge in [0.1, 0.15) is 17.5 Å². The zero-order chi connectivity index (χ0) is 23.8. The monoisotopic (exact) mass is 447 g/mol. The number of hydrogen-bond donors (Lipinski definition) is 0. The number of ether oxygens (including phenoxy) is 2. The van der Waals surface area contributed by atoms with E-state index in [-0.39, 0.29) is 12.2 Å². The highest BCUT2D eigenvalue weighted by atomic mass is 16.6. The van der Waals surface area contributed by atoms with Crippen LogP contribution < -0.4 is 9.64 Å². The topological polar surface area (TPSA) is 65.8 Å². The number of benzene rings is 2. The van der Waals surface area contributed by atoms with Crippen molar-refractivity contribution in [3.05, 3.63) is 65.7 Å². The number of amides is 1. The molecule has 0 aliphatic carbocycles. The minimum atomic E-state index is -0.475. The molecule has 6 heteroatoms. The van der Waals surface area contributed by atoms with Crippen molar-refractivity contribution in [3.63, 3.8) is 0 Å². The van der Waals surface area contributed by atoms with Gasteiger partial charge < -0.3 is 19.3 Å². The first-order valence-electron chi connectivity index (χ1n) is 11.4. The van der Waals surface area contributed by atoms with Gasteiger partial charge in [-0.1, -0.05) is 24.3 Å². The second-order valence-corrected chi connectivity index (χ2v) is 9.30. The Labute approximate surface area is 197 Å². The first kappa shape index (κ1) is 24.2. The Hall–Kier alpha value is -3.46. The largest absolute Gasteiger partial charge is 0.490 e. The molecule has 0 unspecified atom stereocenters. The number of hydrogen-bond acceptors (Lipinski definition) is 5. The first-order valence-corrected chi connectivity index (χ1v) is 11.4. The zero-order valence-corrected chi connectivity index (χ0v) is 20.0. The van der Waals surface area contributed by atoms with E-state index in [1.54, 1.807) is 11.0 Å². The third kappa shape index (κ3) is 7.57. The van der Waals surface area contributed by atoms with E-state index in [4.69, 9.17) is 14.7 Å². The molecule has 0 saturated carbocycles. The molecule has 0 aromatic heterocycles. The van der Waals surface area contributed by atoms with Gasteiger partial charge in [-0.2, -0.15) is 5.26 Å². The normalized spacial score (nSPS) is 14.7. The minimum Gasteiger partial charge on any atom is -0.490 e. The second kappa shape index (κ2) is 10.9. The molecule has 1 saturated heterocycles. The summed E-state index contributed by atoms with van der Waals surface area (Å²) in [7, 11) is 2.04. The van der Waals surface area contributed by atoms with Crippen molar-refractivity contribution in [2.45, 2.75) is 45.3 Å². The smallest absolute Gasteiger partial charge is 0.410 e. The van der Waals surface area contributed by atoms with E-state index in [1.165, 1.54) is 0 Å². The van der Waals surface area contributed by atoms with E-state index in [1.807, 2.05) is 64.2 Å². The van der Waals surface area contributed by atoms with Crippen molar-refractivity contribution in [1.82, 2.24) is 4.90 Å². The summed E-state index contributed by atoms with van der Waals surface area (Å²) in [5.74, 6) is 0.840. The fraction of sp³-hybridized carbons (Fsp3) is 0.407. The molecule has 0 atom stereocenters. The van der Waals surface area contributed by atoms with Crippen molar-refractivity contribution in [2.75, 3.05) is 31.6 Å². The molecule has 1 amide bonds. The van der Waals surface area contributed by atoms with E-state index in [2.05, 4.69) is 29.2 Å². The van der Waals surface area contributed by atoms with Crippen LogP contribution in [0.15, 0.2) is 54.6 Å². The van der Waals surface area contributed by atoms with Crippen LogP contribution in [0.3, 0.4) is 0 Å². The maximum atomic E-state index is 12.2. The average Bonchev–Trinajstić information content (AvgIpc) is 2.79. The summed E-state index contributed by atoms with van der Waals surface area (Å²) in [6.45, 7) is 7.68.